The smallest absolute Gasteiger partial charge is 0.229 e. The third-order valence-electron chi connectivity index (χ3n) is 9.35. The fourth-order valence-corrected chi connectivity index (χ4v) is 6.77. The summed E-state index contributed by atoms with van der Waals surface area (Å²) >= 11 is 0. The molecule has 8 nitrogen and oxygen atoms in total. The van der Waals surface area contributed by atoms with Crippen molar-refractivity contribution < 1.29 is 8.78 Å². The lowest BCUT2D eigenvalue weighted by Gasteiger charge is -2.43. The first-order valence-corrected chi connectivity index (χ1v) is 15.6. The maximum atomic E-state index is 15.1. The van der Waals surface area contributed by atoms with Gasteiger partial charge in [0.15, 0.2) is 11.6 Å². The topological polar surface area (TPSA) is 75.0 Å². The number of hydrogen-bond donors (Lipinski definition) is 1. The molecule has 2 saturated heterocycles. The van der Waals surface area contributed by atoms with Gasteiger partial charge in [0.25, 0.3) is 0 Å². The summed E-state index contributed by atoms with van der Waals surface area (Å²) in [6.45, 7) is 15.1. The first-order chi connectivity index (χ1) is 20.7. The van der Waals surface area contributed by atoms with Crippen LogP contribution in [-0.2, 0) is 0 Å². The standard InChI is InChI=1S/C33H42F2N8/c1-20(2)43-23(5)38-32-27(34)16-25(17-29(32)43)31-28(35)19-37-33(40-31)39-30-7-6-24(18-36-30)22(4)41-14-10-26(11-15-41)42-12-8-21(3)9-13-42/h6-7,16-22,26H,8-15H2,1-5H3,(H,36,37,39,40). The van der Waals surface area contributed by atoms with E-state index < -0.39 is 11.6 Å². The van der Waals surface area contributed by atoms with E-state index in [4.69, 9.17) is 0 Å². The number of benzene rings is 1. The second kappa shape index (κ2) is 12.2. The molecule has 0 bridgehead atoms. The number of likely N-dealkylation sites (tertiary alicyclic amines) is 2. The molecule has 0 radical (unpaired) electrons. The van der Waals surface area contributed by atoms with Crippen LogP contribution in [0.4, 0.5) is 20.5 Å². The maximum absolute atomic E-state index is 15.1. The second-order valence-electron chi connectivity index (χ2n) is 12.6. The summed E-state index contributed by atoms with van der Waals surface area (Å²) in [5, 5.41) is 3.09. The minimum absolute atomic E-state index is 0.0140. The Morgan fingerprint density at radius 2 is 1.63 bits per heavy atom. The Bertz CT molecular complexity index is 1570. The zero-order valence-electron chi connectivity index (χ0n) is 25.8. The molecule has 0 aliphatic carbocycles. The molecule has 2 aliphatic heterocycles. The van der Waals surface area contributed by atoms with Crippen molar-refractivity contribution in [1.29, 1.82) is 0 Å². The molecule has 2 aliphatic rings. The van der Waals surface area contributed by atoms with Crippen molar-refractivity contribution in [2.45, 2.75) is 78.4 Å². The Balaban J connectivity index is 1.13. The summed E-state index contributed by atoms with van der Waals surface area (Å²) in [6, 6.07) is 8.03. The largest absolute Gasteiger partial charge is 0.326 e. The van der Waals surface area contributed by atoms with Crippen molar-refractivity contribution in [3.8, 4) is 11.3 Å². The molecule has 1 atom stereocenters. The Morgan fingerprint density at radius 1 is 0.884 bits per heavy atom. The average molecular weight is 589 g/mol. The highest BCUT2D eigenvalue weighted by molar-refractivity contribution is 5.83. The number of nitrogens with one attached hydrogen (secondary N) is 1. The first kappa shape index (κ1) is 29.6. The predicted molar refractivity (Wildman–Crippen MR) is 166 cm³/mol. The van der Waals surface area contributed by atoms with Gasteiger partial charge in [0, 0.05) is 43.0 Å². The van der Waals surface area contributed by atoms with Crippen LogP contribution < -0.4 is 5.32 Å². The van der Waals surface area contributed by atoms with Gasteiger partial charge in [-0.3, -0.25) is 4.90 Å². The number of piperidine rings is 2. The number of aryl methyl sites for hydroxylation is 1. The van der Waals surface area contributed by atoms with Gasteiger partial charge >= 0.3 is 0 Å². The quantitative estimate of drug-likeness (QED) is 0.248. The fourth-order valence-electron chi connectivity index (χ4n) is 6.77. The third-order valence-corrected chi connectivity index (χ3v) is 9.35. The van der Waals surface area contributed by atoms with Gasteiger partial charge in [-0.15, -0.1) is 0 Å². The van der Waals surface area contributed by atoms with Crippen LogP contribution in [0.15, 0.2) is 36.7 Å². The first-order valence-electron chi connectivity index (χ1n) is 15.6. The number of pyridine rings is 1. The summed E-state index contributed by atoms with van der Waals surface area (Å²) in [6.07, 6.45) is 8.06. The number of hydrogen-bond acceptors (Lipinski definition) is 7. The highest BCUT2D eigenvalue weighted by atomic mass is 19.1. The van der Waals surface area contributed by atoms with Gasteiger partial charge < -0.3 is 14.8 Å². The molecule has 1 unspecified atom stereocenters. The van der Waals surface area contributed by atoms with E-state index >= 15 is 4.39 Å². The molecule has 0 saturated carbocycles. The van der Waals surface area contributed by atoms with Crippen LogP contribution in [0.2, 0.25) is 0 Å². The molecule has 0 spiro atoms. The molecular weight excluding hydrogens is 546 g/mol. The van der Waals surface area contributed by atoms with Gasteiger partial charge in [0.1, 0.15) is 22.9 Å². The fraction of sp³-hybridized carbons (Fsp3) is 0.515. The monoisotopic (exact) mass is 588 g/mol. The third kappa shape index (κ3) is 6.13. The number of halogens is 2. The normalized spacial score (nSPS) is 18.5. The summed E-state index contributed by atoms with van der Waals surface area (Å²) in [7, 11) is 0. The number of nitrogens with zero attached hydrogens (tertiary/aromatic N) is 7. The number of anilines is 2. The van der Waals surface area contributed by atoms with Crippen molar-refractivity contribution in [3.05, 3.63) is 59.7 Å². The molecule has 1 aromatic carbocycles. The molecule has 1 N–H and O–H groups in total. The number of aromatic nitrogens is 5. The predicted octanol–water partition coefficient (Wildman–Crippen LogP) is 7.06. The Morgan fingerprint density at radius 3 is 2.30 bits per heavy atom. The lowest BCUT2D eigenvalue weighted by atomic mass is 9.94. The van der Waals surface area contributed by atoms with Crippen LogP contribution in [0.1, 0.15) is 76.8 Å². The van der Waals surface area contributed by atoms with E-state index in [0.29, 0.717) is 28.8 Å². The van der Waals surface area contributed by atoms with E-state index in [1.807, 2.05) is 37.6 Å². The Labute approximate surface area is 252 Å². The molecule has 0 amide bonds. The zero-order valence-corrected chi connectivity index (χ0v) is 25.8. The summed E-state index contributed by atoms with van der Waals surface area (Å²) in [5.41, 5.74) is 2.36. The van der Waals surface area contributed by atoms with Crippen LogP contribution in [0, 0.1) is 24.5 Å². The van der Waals surface area contributed by atoms with E-state index in [0.717, 1.165) is 30.8 Å². The van der Waals surface area contributed by atoms with Crippen molar-refractivity contribution in [1.82, 2.24) is 34.3 Å². The van der Waals surface area contributed by atoms with E-state index in [-0.39, 0.29) is 29.2 Å². The van der Waals surface area contributed by atoms with Crippen LogP contribution in [0.3, 0.4) is 0 Å². The lowest BCUT2D eigenvalue weighted by molar-refractivity contribution is 0.0663. The van der Waals surface area contributed by atoms with E-state index in [1.54, 1.807) is 6.07 Å². The van der Waals surface area contributed by atoms with Gasteiger partial charge in [0.05, 0.1) is 11.7 Å². The van der Waals surface area contributed by atoms with E-state index in [1.165, 1.54) is 44.8 Å². The van der Waals surface area contributed by atoms with Crippen molar-refractivity contribution in [3.63, 3.8) is 0 Å². The highest BCUT2D eigenvalue weighted by Gasteiger charge is 2.29. The van der Waals surface area contributed by atoms with Crippen molar-refractivity contribution >= 4 is 22.8 Å². The van der Waals surface area contributed by atoms with Crippen molar-refractivity contribution in [2.75, 3.05) is 31.5 Å². The van der Waals surface area contributed by atoms with E-state index in [2.05, 4.69) is 55.0 Å². The molecule has 3 aromatic heterocycles. The van der Waals surface area contributed by atoms with Gasteiger partial charge in [-0.1, -0.05) is 13.0 Å². The summed E-state index contributed by atoms with van der Waals surface area (Å²) in [5.74, 6) is 1.16. The zero-order chi connectivity index (χ0) is 30.2. The van der Waals surface area contributed by atoms with Gasteiger partial charge in [-0.05, 0) is 96.1 Å². The number of fused-ring (bicyclic) bond motifs is 1. The average Bonchev–Trinajstić information content (AvgIpc) is 3.35. The van der Waals surface area contributed by atoms with Gasteiger partial charge in [-0.2, -0.15) is 0 Å². The molecule has 6 rings (SSSR count). The van der Waals surface area contributed by atoms with Gasteiger partial charge in [-0.25, -0.2) is 28.7 Å². The van der Waals surface area contributed by atoms with Crippen LogP contribution in [0.25, 0.3) is 22.3 Å². The summed E-state index contributed by atoms with van der Waals surface area (Å²) < 4.78 is 31.9. The SMILES string of the molecule is Cc1nc2c(F)cc(-c3nc(Nc4ccc(C(C)N5CCC(N6CCC(C)CC6)CC5)cn4)ncc3F)cc2n1C(C)C. The molecular formula is C33H42F2N8. The minimum atomic E-state index is -0.632. The maximum Gasteiger partial charge on any atom is 0.229 e. The Hall–Kier alpha value is -3.50. The second-order valence-corrected chi connectivity index (χ2v) is 12.6. The van der Waals surface area contributed by atoms with Crippen LogP contribution in [0.5, 0.6) is 0 Å². The summed E-state index contributed by atoms with van der Waals surface area (Å²) in [4.78, 5) is 22.8. The molecule has 10 heteroatoms. The van der Waals surface area contributed by atoms with Gasteiger partial charge in [0.2, 0.25) is 5.95 Å². The minimum Gasteiger partial charge on any atom is -0.326 e. The van der Waals surface area contributed by atoms with Crippen LogP contribution in [-0.4, -0.2) is 66.5 Å². The molecule has 43 heavy (non-hydrogen) atoms. The molecule has 5 heterocycles. The number of imidazole rings is 1. The van der Waals surface area contributed by atoms with E-state index in [9.17, 15) is 4.39 Å². The molecule has 228 valence electrons. The van der Waals surface area contributed by atoms with Crippen LogP contribution >= 0.6 is 0 Å². The number of rotatable bonds is 7. The van der Waals surface area contributed by atoms with Crippen molar-refractivity contribution in [2.24, 2.45) is 5.92 Å². The highest BCUT2D eigenvalue weighted by Crippen LogP contribution is 2.31. The lowest BCUT2D eigenvalue weighted by Crippen LogP contribution is -2.47. The Kier molecular flexibility index (Phi) is 8.42. The molecule has 4 aromatic rings. The molecule has 2 fully saturated rings.